The zero-order valence-corrected chi connectivity index (χ0v) is 14.4. The van der Waals surface area contributed by atoms with Crippen molar-refractivity contribution in [3.63, 3.8) is 0 Å². The van der Waals surface area contributed by atoms with Gasteiger partial charge in [-0.1, -0.05) is 20.8 Å². The van der Waals surface area contributed by atoms with Gasteiger partial charge in [0.25, 0.3) is 0 Å². The standard InChI is InChI=1S/C17H35N3/c1-7-10-18-16-15(8-9-17(16,4)5)20-11-13(2)19(6)14(3)12-20/h13-16,18H,7-12H2,1-6H3. The van der Waals surface area contributed by atoms with E-state index in [1.54, 1.807) is 0 Å². The maximum Gasteiger partial charge on any atom is 0.0274 e. The number of nitrogens with one attached hydrogen (secondary N) is 1. The van der Waals surface area contributed by atoms with E-state index in [0.717, 1.165) is 12.6 Å². The van der Waals surface area contributed by atoms with Gasteiger partial charge in [-0.2, -0.15) is 0 Å². The van der Waals surface area contributed by atoms with Gasteiger partial charge in [-0.15, -0.1) is 0 Å². The van der Waals surface area contributed by atoms with Crippen molar-refractivity contribution < 1.29 is 0 Å². The van der Waals surface area contributed by atoms with Crippen molar-refractivity contribution in [2.75, 3.05) is 26.7 Å². The van der Waals surface area contributed by atoms with Crippen molar-refractivity contribution in [2.45, 2.75) is 78.0 Å². The SMILES string of the molecule is CCCNC1C(N2CC(C)N(C)C(C)C2)CCC1(C)C. The topological polar surface area (TPSA) is 18.5 Å². The predicted molar refractivity (Wildman–Crippen MR) is 87.1 cm³/mol. The fourth-order valence-electron chi connectivity index (χ4n) is 4.18. The molecular weight excluding hydrogens is 246 g/mol. The summed E-state index contributed by atoms with van der Waals surface area (Å²) >= 11 is 0. The molecule has 1 aliphatic carbocycles. The lowest BCUT2D eigenvalue weighted by molar-refractivity contribution is 0.0226. The molecule has 2 fully saturated rings. The second-order valence-corrected chi connectivity index (χ2v) is 7.84. The Morgan fingerprint density at radius 2 is 1.75 bits per heavy atom. The van der Waals surface area contributed by atoms with E-state index in [9.17, 15) is 0 Å². The van der Waals surface area contributed by atoms with Gasteiger partial charge < -0.3 is 5.32 Å². The summed E-state index contributed by atoms with van der Waals surface area (Å²) in [4.78, 5) is 5.31. The molecule has 3 heteroatoms. The number of likely N-dealkylation sites (N-methyl/N-ethyl adjacent to an activating group) is 1. The average molecular weight is 281 g/mol. The van der Waals surface area contributed by atoms with Gasteiger partial charge in [0.15, 0.2) is 0 Å². The van der Waals surface area contributed by atoms with Gasteiger partial charge in [0.05, 0.1) is 0 Å². The third-order valence-electron chi connectivity index (χ3n) is 5.78. The maximum atomic E-state index is 3.85. The highest BCUT2D eigenvalue weighted by atomic mass is 15.3. The first kappa shape index (κ1) is 16.3. The van der Waals surface area contributed by atoms with Gasteiger partial charge in [0.1, 0.15) is 0 Å². The molecular formula is C17H35N3. The Bertz CT molecular complexity index is 303. The van der Waals surface area contributed by atoms with Crippen LogP contribution in [-0.2, 0) is 0 Å². The number of piperazine rings is 1. The van der Waals surface area contributed by atoms with Gasteiger partial charge >= 0.3 is 0 Å². The second-order valence-electron chi connectivity index (χ2n) is 7.84. The summed E-state index contributed by atoms with van der Waals surface area (Å²) in [6.07, 6.45) is 3.94. The molecule has 0 radical (unpaired) electrons. The van der Waals surface area contributed by atoms with Crippen LogP contribution < -0.4 is 5.32 Å². The van der Waals surface area contributed by atoms with E-state index in [-0.39, 0.29) is 0 Å². The minimum atomic E-state index is 0.440. The molecule has 0 bridgehead atoms. The summed E-state index contributed by atoms with van der Waals surface area (Å²) in [5.41, 5.74) is 0.440. The molecule has 0 spiro atoms. The summed E-state index contributed by atoms with van der Waals surface area (Å²) < 4.78 is 0. The van der Waals surface area contributed by atoms with Gasteiger partial charge in [-0.05, 0) is 52.1 Å². The van der Waals surface area contributed by atoms with E-state index >= 15 is 0 Å². The molecule has 2 aliphatic rings. The molecule has 1 saturated carbocycles. The third-order valence-corrected chi connectivity index (χ3v) is 5.78. The van der Waals surface area contributed by atoms with E-state index in [1.165, 1.54) is 32.4 Å². The summed E-state index contributed by atoms with van der Waals surface area (Å²) in [7, 11) is 2.28. The summed E-state index contributed by atoms with van der Waals surface area (Å²) in [5.74, 6) is 0. The molecule has 0 aromatic heterocycles. The van der Waals surface area contributed by atoms with Gasteiger partial charge in [0.2, 0.25) is 0 Å². The van der Waals surface area contributed by atoms with Crippen LogP contribution in [-0.4, -0.2) is 60.6 Å². The van der Waals surface area contributed by atoms with Crippen molar-refractivity contribution >= 4 is 0 Å². The highest BCUT2D eigenvalue weighted by Gasteiger charge is 2.45. The van der Waals surface area contributed by atoms with Crippen LogP contribution in [0.1, 0.15) is 53.9 Å². The molecule has 0 aromatic rings. The Labute approximate surface area is 126 Å². The van der Waals surface area contributed by atoms with E-state index in [1.807, 2.05) is 0 Å². The third kappa shape index (κ3) is 3.20. The van der Waals surface area contributed by atoms with Crippen LogP contribution in [0.3, 0.4) is 0 Å². The molecule has 1 N–H and O–H groups in total. The molecule has 20 heavy (non-hydrogen) atoms. The van der Waals surface area contributed by atoms with Gasteiger partial charge in [-0.3, -0.25) is 9.80 Å². The quantitative estimate of drug-likeness (QED) is 0.854. The van der Waals surface area contributed by atoms with Crippen LogP contribution in [0.2, 0.25) is 0 Å². The summed E-state index contributed by atoms with van der Waals surface area (Å²) in [5, 5.41) is 3.85. The van der Waals surface area contributed by atoms with Crippen LogP contribution in [0.5, 0.6) is 0 Å². The summed E-state index contributed by atoms with van der Waals surface area (Å²) in [6, 6.07) is 2.74. The smallest absolute Gasteiger partial charge is 0.0274 e. The Balaban J connectivity index is 2.06. The summed E-state index contributed by atoms with van der Waals surface area (Å²) in [6.45, 7) is 15.5. The molecule has 3 nitrogen and oxygen atoms in total. The van der Waals surface area contributed by atoms with Crippen LogP contribution in [0.15, 0.2) is 0 Å². The lowest BCUT2D eigenvalue weighted by Gasteiger charge is -2.47. The van der Waals surface area contributed by atoms with E-state index in [4.69, 9.17) is 0 Å². The number of hydrogen-bond acceptors (Lipinski definition) is 3. The number of rotatable bonds is 4. The lowest BCUT2D eigenvalue weighted by atomic mass is 9.86. The Morgan fingerprint density at radius 3 is 2.30 bits per heavy atom. The van der Waals surface area contributed by atoms with Crippen LogP contribution in [0, 0.1) is 5.41 Å². The fraction of sp³-hybridized carbons (Fsp3) is 1.00. The minimum Gasteiger partial charge on any atom is -0.312 e. The second kappa shape index (κ2) is 6.33. The van der Waals surface area contributed by atoms with Crippen LogP contribution in [0.25, 0.3) is 0 Å². The maximum absolute atomic E-state index is 3.85. The highest BCUT2D eigenvalue weighted by Crippen LogP contribution is 2.40. The first-order valence-corrected chi connectivity index (χ1v) is 8.56. The van der Waals surface area contributed by atoms with Crippen LogP contribution in [0.4, 0.5) is 0 Å². The molecule has 1 saturated heterocycles. The molecule has 118 valence electrons. The Morgan fingerprint density at radius 1 is 1.15 bits per heavy atom. The van der Waals surface area contributed by atoms with E-state index < -0.39 is 0 Å². The molecule has 1 heterocycles. The normalized spacial score (nSPS) is 39.3. The molecule has 0 aromatic carbocycles. The van der Waals surface area contributed by atoms with Crippen molar-refractivity contribution in [1.82, 2.24) is 15.1 Å². The first-order valence-electron chi connectivity index (χ1n) is 8.56. The zero-order valence-electron chi connectivity index (χ0n) is 14.4. The molecule has 1 aliphatic heterocycles. The molecule has 2 rings (SSSR count). The van der Waals surface area contributed by atoms with Crippen molar-refractivity contribution in [3.05, 3.63) is 0 Å². The Kier molecular flexibility index (Phi) is 5.14. The van der Waals surface area contributed by atoms with E-state index in [2.05, 4.69) is 56.8 Å². The minimum absolute atomic E-state index is 0.440. The lowest BCUT2D eigenvalue weighted by Crippen LogP contribution is -2.61. The predicted octanol–water partition coefficient (Wildman–Crippen LogP) is 2.57. The fourth-order valence-corrected chi connectivity index (χ4v) is 4.18. The largest absolute Gasteiger partial charge is 0.312 e. The zero-order chi connectivity index (χ0) is 14.9. The molecule has 0 amide bonds. The van der Waals surface area contributed by atoms with E-state index in [0.29, 0.717) is 23.5 Å². The Hall–Kier alpha value is -0.120. The monoisotopic (exact) mass is 281 g/mol. The average Bonchev–Trinajstić information content (AvgIpc) is 2.68. The molecule has 4 atom stereocenters. The first-order chi connectivity index (χ1) is 9.36. The number of hydrogen-bond donors (Lipinski definition) is 1. The highest BCUT2D eigenvalue weighted by molar-refractivity contribution is 5.02. The molecule has 4 unspecified atom stereocenters. The van der Waals surface area contributed by atoms with Crippen molar-refractivity contribution in [2.24, 2.45) is 5.41 Å². The van der Waals surface area contributed by atoms with Gasteiger partial charge in [0, 0.05) is 37.3 Å². The van der Waals surface area contributed by atoms with Gasteiger partial charge in [-0.25, -0.2) is 0 Å². The number of nitrogens with zero attached hydrogens (tertiary/aromatic N) is 2. The van der Waals surface area contributed by atoms with Crippen molar-refractivity contribution in [1.29, 1.82) is 0 Å². The van der Waals surface area contributed by atoms with Crippen molar-refractivity contribution in [3.8, 4) is 0 Å². The van der Waals surface area contributed by atoms with Crippen LogP contribution >= 0.6 is 0 Å².